The lowest BCUT2D eigenvalue weighted by Gasteiger charge is -2.79. The molecule has 0 aliphatic carbocycles. The molecule has 0 spiro atoms. The van der Waals surface area contributed by atoms with Gasteiger partial charge in [-0.3, -0.25) is 4.79 Å². The molecular formula is C19H9B12ClF2N4O. The highest BCUT2D eigenvalue weighted by Gasteiger charge is 2.74. The topological polar surface area (TPSA) is 58.1 Å². The number of nitrogens with one attached hydrogen (secondary N) is 1. The Morgan fingerprint density at radius 1 is 0.949 bits per heavy atom. The lowest BCUT2D eigenvalue weighted by atomic mass is 9.11. The number of amides is 1. The molecule has 0 unspecified atom stereocenters. The SMILES string of the molecule is [B]C([B])(NC([B])([B])C1(F)C([B])([B])C([B])([B])N(C(=O)c2ccc(F)c(Cl)c2)C([B])([B])C1([B])[B])c1ncc(C)cn1. The van der Waals surface area contributed by atoms with E-state index in [2.05, 4.69) is 15.3 Å². The Balaban J connectivity index is 2.20. The van der Waals surface area contributed by atoms with Crippen molar-refractivity contribution in [3.05, 3.63) is 58.4 Å². The van der Waals surface area contributed by atoms with Crippen LogP contribution in [0.3, 0.4) is 0 Å². The minimum absolute atomic E-state index is 0.207. The number of carbonyl (C=O) groups excluding carboxylic acids is 1. The zero-order chi connectivity index (χ0) is 30.2. The number of benzene rings is 1. The van der Waals surface area contributed by atoms with E-state index in [0.29, 0.717) is 5.56 Å². The number of nitrogens with zero attached hydrogens (tertiary/aromatic N) is 3. The first kappa shape index (κ1) is 32.2. The summed E-state index contributed by atoms with van der Waals surface area (Å²) in [6.45, 7) is 1.67. The van der Waals surface area contributed by atoms with Crippen molar-refractivity contribution in [3.63, 3.8) is 0 Å². The summed E-state index contributed by atoms with van der Waals surface area (Å²) in [7, 11) is 73.5. The second-order valence-electron chi connectivity index (χ2n) is 9.76. The van der Waals surface area contributed by atoms with Gasteiger partial charge in [-0.2, -0.15) is 0 Å². The van der Waals surface area contributed by atoms with Crippen LogP contribution in [0.2, 0.25) is 15.5 Å². The summed E-state index contributed by atoms with van der Waals surface area (Å²) in [5.74, 6) is -2.48. The smallest absolute Gasteiger partial charge is 0.252 e. The van der Waals surface area contributed by atoms with Gasteiger partial charge in [-0.15, -0.1) is 0 Å². The first-order valence-electron chi connectivity index (χ1n) is 10.9. The summed E-state index contributed by atoms with van der Waals surface area (Å²) >= 11 is 5.77. The van der Waals surface area contributed by atoms with Crippen molar-refractivity contribution in [2.24, 2.45) is 0 Å². The van der Waals surface area contributed by atoms with Gasteiger partial charge in [0, 0.05) is 18.0 Å². The molecule has 0 atom stereocenters. The van der Waals surface area contributed by atoms with E-state index in [1.807, 2.05) is 0 Å². The molecule has 1 aromatic heterocycles. The second kappa shape index (κ2) is 9.61. The number of halogens is 3. The number of aryl methyl sites for hydroxylation is 1. The highest BCUT2D eigenvalue weighted by Crippen LogP contribution is 2.67. The Morgan fingerprint density at radius 3 is 1.85 bits per heavy atom. The number of likely N-dealkylation sites (tertiary alicyclic amines) is 1. The van der Waals surface area contributed by atoms with E-state index in [9.17, 15) is 9.18 Å². The monoisotopic (exact) mass is 514 g/mol. The van der Waals surface area contributed by atoms with Crippen molar-refractivity contribution in [2.75, 3.05) is 0 Å². The van der Waals surface area contributed by atoms with E-state index in [1.165, 1.54) is 12.4 Å². The van der Waals surface area contributed by atoms with Crippen LogP contribution in [0.4, 0.5) is 8.78 Å². The molecule has 1 N–H and O–H groups in total. The minimum atomic E-state index is -3.87. The summed E-state index contributed by atoms with van der Waals surface area (Å²) in [4.78, 5) is 21.6. The van der Waals surface area contributed by atoms with Gasteiger partial charge in [0.1, 0.15) is 11.6 Å². The molecule has 1 fully saturated rings. The van der Waals surface area contributed by atoms with Crippen LogP contribution in [-0.4, -0.2) is 137 Å². The number of alkyl halides is 1. The number of piperidine rings is 1. The van der Waals surface area contributed by atoms with Gasteiger partial charge in [-0.25, -0.2) is 18.7 Å². The molecule has 1 amide bonds. The van der Waals surface area contributed by atoms with Crippen LogP contribution < -0.4 is 5.32 Å². The molecule has 1 aromatic carbocycles. The van der Waals surface area contributed by atoms with E-state index in [0.717, 1.165) is 18.2 Å². The molecule has 168 valence electrons. The van der Waals surface area contributed by atoms with Crippen LogP contribution in [0.25, 0.3) is 0 Å². The summed E-state index contributed by atoms with van der Waals surface area (Å²) in [5, 5.41) is -16.7. The minimum Gasteiger partial charge on any atom is -0.363 e. The van der Waals surface area contributed by atoms with Gasteiger partial charge >= 0.3 is 0 Å². The first-order valence-corrected chi connectivity index (χ1v) is 11.3. The summed E-state index contributed by atoms with van der Waals surface area (Å²) in [6.07, 6.45) is 2.68. The number of carbonyl (C=O) groups is 1. The molecule has 0 saturated carbocycles. The van der Waals surface area contributed by atoms with Gasteiger partial charge in [0.2, 0.25) is 0 Å². The Labute approximate surface area is 247 Å². The lowest BCUT2D eigenvalue weighted by Crippen LogP contribution is -2.90. The van der Waals surface area contributed by atoms with Gasteiger partial charge in [0.25, 0.3) is 5.91 Å². The van der Waals surface area contributed by atoms with Gasteiger partial charge in [0.05, 0.1) is 105 Å². The maximum atomic E-state index is 17.5. The summed E-state index contributed by atoms with van der Waals surface area (Å²) < 4.78 is 31.2. The van der Waals surface area contributed by atoms with Crippen molar-refractivity contribution in [1.29, 1.82) is 0 Å². The van der Waals surface area contributed by atoms with Crippen LogP contribution in [0.5, 0.6) is 0 Å². The van der Waals surface area contributed by atoms with Crippen molar-refractivity contribution >= 4 is 112 Å². The predicted octanol–water partition coefficient (Wildman–Crippen LogP) is -2.64. The molecule has 20 heteroatoms. The molecule has 1 aliphatic rings. The zero-order valence-electron chi connectivity index (χ0n) is 20.7. The summed E-state index contributed by atoms with van der Waals surface area (Å²) in [6, 6.07) is 2.68. The zero-order valence-corrected chi connectivity index (χ0v) is 21.5. The van der Waals surface area contributed by atoms with Crippen LogP contribution >= 0.6 is 11.6 Å². The molecular weight excluding hydrogens is 503 g/mol. The van der Waals surface area contributed by atoms with E-state index < -0.39 is 54.2 Å². The van der Waals surface area contributed by atoms with Crippen LogP contribution in [0.1, 0.15) is 21.7 Å². The largest absolute Gasteiger partial charge is 0.363 e. The molecule has 2 heterocycles. The average Bonchev–Trinajstić information content (AvgIpc) is 2.78. The second-order valence-corrected chi connectivity index (χ2v) is 10.2. The lowest BCUT2D eigenvalue weighted by molar-refractivity contribution is -0.0360. The van der Waals surface area contributed by atoms with Gasteiger partial charge < -0.3 is 10.2 Å². The van der Waals surface area contributed by atoms with Gasteiger partial charge in [-0.1, -0.05) is 22.0 Å². The van der Waals surface area contributed by atoms with Crippen LogP contribution in [0.15, 0.2) is 30.6 Å². The quantitative estimate of drug-likeness (QED) is 0.446. The molecule has 2 aromatic rings. The van der Waals surface area contributed by atoms with Gasteiger partial charge in [0.15, 0.2) is 0 Å². The fourth-order valence-electron chi connectivity index (χ4n) is 4.44. The average molecular weight is 513 g/mol. The molecule has 39 heavy (non-hydrogen) atoms. The van der Waals surface area contributed by atoms with Crippen LogP contribution in [0, 0.1) is 12.7 Å². The Hall–Kier alpha value is -1.34. The normalized spacial score (nSPS) is 21.2. The van der Waals surface area contributed by atoms with Crippen molar-refractivity contribution in [3.8, 4) is 0 Å². The highest BCUT2D eigenvalue weighted by molar-refractivity contribution is 6.64. The molecule has 5 nitrogen and oxygen atoms in total. The number of hydrogen-bond donors (Lipinski definition) is 1. The maximum absolute atomic E-state index is 17.5. The molecule has 24 radical (unpaired) electrons. The van der Waals surface area contributed by atoms with E-state index in [-0.39, 0.29) is 16.3 Å². The number of aromatic nitrogens is 2. The fourth-order valence-corrected chi connectivity index (χ4v) is 4.62. The fraction of sp³-hybridized carbons (Fsp3) is 0.421. The highest BCUT2D eigenvalue weighted by atomic mass is 35.5. The van der Waals surface area contributed by atoms with Crippen molar-refractivity contribution in [1.82, 2.24) is 20.2 Å². The maximum Gasteiger partial charge on any atom is 0.252 e. The number of rotatable bonds is 5. The molecule has 0 bridgehead atoms. The standard InChI is InChI=1S/C19H9B12ClF2N4O/c1-7-5-35-12(36-6-7)13(20,21)37-17(26,27)14(34)15(22,23)18(28,29)38(19(30,31)16(14,24)25)11(39)8-2-3-10(33)9(32)4-8/h2-6,37H,1H3. The predicted molar refractivity (Wildman–Crippen MR) is 156 cm³/mol. The third-order valence-corrected chi connectivity index (χ3v) is 7.00. The number of hydrogen-bond acceptors (Lipinski definition) is 4. The third-order valence-electron chi connectivity index (χ3n) is 6.71. The van der Waals surface area contributed by atoms with Crippen LogP contribution in [-0.2, 0) is 5.34 Å². The van der Waals surface area contributed by atoms with E-state index in [4.69, 9.17) is 106 Å². The third kappa shape index (κ3) is 4.52. The Bertz CT molecular complexity index is 1270. The van der Waals surface area contributed by atoms with Gasteiger partial charge in [-0.05, 0) is 52.0 Å². The molecule has 3 rings (SSSR count). The first-order chi connectivity index (χ1) is 17.4. The Morgan fingerprint density at radius 2 is 1.41 bits per heavy atom. The molecule has 1 aliphatic heterocycles. The van der Waals surface area contributed by atoms with Crippen molar-refractivity contribution in [2.45, 2.75) is 44.4 Å². The summed E-state index contributed by atoms with van der Waals surface area (Å²) in [5.41, 5.74) is -3.63. The van der Waals surface area contributed by atoms with Crippen molar-refractivity contribution < 1.29 is 13.6 Å². The van der Waals surface area contributed by atoms with E-state index in [1.54, 1.807) is 6.92 Å². The van der Waals surface area contributed by atoms with E-state index >= 15 is 4.39 Å². The Kier molecular flexibility index (Phi) is 7.93. The molecule has 1 saturated heterocycles.